The summed E-state index contributed by atoms with van der Waals surface area (Å²) in [4.78, 5) is 28.3. The van der Waals surface area contributed by atoms with Crippen LogP contribution in [-0.4, -0.2) is 74.7 Å². The molecule has 8 heteroatoms. The topological polar surface area (TPSA) is 83.1 Å². The molecule has 1 aliphatic rings. The third-order valence-corrected chi connectivity index (χ3v) is 5.31. The molecule has 0 saturated carbocycles. The number of urea groups is 1. The molecule has 1 aromatic carbocycles. The Morgan fingerprint density at radius 2 is 1.66 bits per heavy atom. The molecular formula is C21H34N4O4. The highest BCUT2D eigenvalue weighted by atomic mass is 16.5. The van der Waals surface area contributed by atoms with Crippen molar-refractivity contribution in [2.24, 2.45) is 0 Å². The second-order valence-electron chi connectivity index (χ2n) is 7.52. The molecule has 3 amide bonds. The third-order valence-electron chi connectivity index (χ3n) is 5.31. The molecule has 29 heavy (non-hydrogen) atoms. The summed E-state index contributed by atoms with van der Waals surface area (Å²) in [6, 6.07) is 3.65. The number of benzene rings is 1. The summed E-state index contributed by atoms with van der Waals surface area (Å²) in [6.45, 7) is 10.3. The maximum absolute atomic E-state index is 12.1. The third kappa shape index (κ3) is 6.90. The van der Waals surface area contributed by atoms with Gasteiger partial charge in [0, 0.05) is 38.8 Å². The van der Waals surface area contributed by atoms with Crippen molar-refractivity contribution in [2.75, 3.05) is 46.9 Å². The fraction of sp³-hybridized carbons (Fsp3) is 0.619. The number of hydrogen-bond donors (Lipinski definition) is 2. The normalized spacial score (nSPS) is 16.2. The van der Waals surface area contributed by atoms with Gasteiger partial charge in [-0.15, -0.1) is 0 Å². The first kappa shape index (κ1) is 23.0. The van der Waals surface area contributed by atoms with Gasteiger partial charge in [0.25, 0.3) is 0 Å². The van der Waals surface area contributed by atoms with Gasteiger partial charge in [0.1, 0.15) is 0 Å². The van der Waals surface area contributed by atoms with Crippen LogP contribution in [0.4, 0.5) is 4.79 Å². The van der Waals surface area contributed by atoms with E-state index >= 15 is 0 Å². The van der Waals surface area contributed by atoms with E-state index in [-0.39, 0.29) is 18.5 Å². The Kier molecular flexibility index (Phi) is 8.72. The van der Waals surface area contributed by atoms with E-state index in [1.165, 1.54) is 5.56 Å². The van der Waals surface area contributed by atoms with Gasteiger partial charge in [-0.25, -0.2) is 4.79 Å². The van der Waals surface area contributed by atoms with Crippen LogP contribution in [0, 0.1) is 6.92 Å². The van der Waals surface area contributed by atoms with Crippen LogP contribution in [0.25, 0.3) is 0 Å². The van der Waals surface area contributed by atoms with Crippen molar-refractivity contribution in [1.29, 1.82) is 0 Å². The number of carbonyl (C=O) groups is 2. The second-order valence-corrected chi connectivity index (χ2v) is 7.52. The van der Waals surface area contributed by atoms with Crippen molar-refractivity contribution in [3.63, 3.8) is 0 Å². The highest BCUT2D eigenvalue weighted by Crippen LogP contribution is 2.30. The van der Waals surface area contributed by atoms with Gasteiger partial charge >= 0.3 is 6.03 Å². The standard InChI is InChI=1S/C21H34N4O4/c1-6-16(3)22-21(27)23-20(26)14-25-9-7-24(8-10-25)13-17-12-19(29-5)18(28-4)11-15(17)2/h11-12,16H,6-10,13-14H2,1-5H3,(H2,22,23,26,27)/t16-/m0/s1. The van der Waals surface area contributed by atoms with Crippen LogP contribution in [0.1, 0.15) is 31.4 Å². The Hall–Kier alpha value is -2.32. The van der Waals surface area contributed by atoms with E-state index in [1.807, 2.05) is 26.0 Å². The van der Waals surface area contributed by atoms with Crippen molar-refractivity contribution in [2.45, 2.75) is 39.8 Å². The summed E-state index contributed by atoms with van der Waals surface area (Å²) in [5.41, 5.74) is 2.37. The van der Waals surface area contributed by atoms with Crippen LogP contribution in [0.15, 0.2) is 12.1 Å². The van der Waals surface area contributed by atoms with Gasteiger partial charge in [-0.3, -0.25) is 19.9 Å². The molecular weight excluding hydrogens is 372 g/mol. The van der Waals surface area contributed by atoms with Crippen LogP contribution < -0.4 is 20.1 Å². The van der Waals surface area contributed by atoms with Crippen molar-refractivity contribution in [3.8, 4) is 11.5 Å². The summed E-state index contributed by atoms with van der Waals surface area (Å²) >= 11 is 0. The van der Waals surface area contributed by atoms with E-state index in [1.54, 1.807) is 14.2 Å². The Labute approximate surface area is 173 Å². The number of amides is 3. The van der Waals surface area contributed by atoms with Crippen molar-refractivity contribution >= 4 is 11.9 Å². The molecule has 8 nitrogen and oxygen atoms in total. The average Bonchev–Trinajstić information content (AvgIpc) is 2.70. The zero-order valence-corrected chi connectivity index (χ0v) is 18.2. The second kappa shape index (κ2) is 11.0. The molecule has 1 atom stereocenters. The molecule has 1 aromatic rings. The molecule has 1 saturated heterocycles. The molecule has 2 N–H and O–H groups in total. The smallest absolute Gasteiger partial charge is 0.321 e. The number of hydrogen-bond acceptors (Lipinski definition) is 6. The number of piperazine rings is 1. The number of carbonyl (C=O) groups excluding carboxylic acids is 2. The highest BCUT2D eigenvalue weighted by molar-refractivity contribution is 5.95. The van der Waals surface area contributed by atoms with E-state index < -0.39 is 6.03 Å². The minimum absolute atomic E-state index is 0.0476. The quantitative estimate of drug-likeness (QED) is 0.685. The maximum Gasteiger partial charge on any atom is 0.321 e. The monoisotopic (exact) mass is 406 g/mol. The van der Waals surface area contributed by atoms with Gasteiger partial charge in [-0.2, -0.15) is 0 Å². The van der Waals surface area contributed by atoms with Crippen molar-refractivity contribution in [1.82, 2.24) is 20.4 Å². The van der Waals surface area contributed by atoms with Crippen LogP contribution in [0.5, 0.6) is 11.5 Å². The summed E-state index contributed by atoms with van der Waals surface area (Å²) < 4.78 is 10.8. The van der Waals surface area contributed by atoms with E-state index in [0.717, 1.165) is 56.2 Å². The lowest BCUT2D eigenvalue weighted by molar-refractivity contribution is -0.121. The van der Waals surface area contributed by atoms with Crippen LogP contribution in [0.2, 0.25) is 0 Å². The van der Waals surface area contributed by atoms with E-state index in [0.29, 0.717) is 0 Å². The molecule has 0 spiro atoms. The lowest BCUT2D eigenvalue weighted by Crippen LogP contribution is -2.51. The summed E-state index contributed by atoms with van der Waals surface area (Å²) in [5.74, 6) is 1.20. The van der Waals surface area contributed by atoms with Gasteiger partial charge in [-0.05, 0) is 43.5 Å². The van der Waals surface area contributed by atoms with Crippen LogP contribution >= 0.6 is 0 Å². The molecule has 0 aromatic heterocycles. The highest BCUT2D eigenvalue weighted by Gasteiger charge is 2.21. The molecule has 0 radical (unpaired) electrons. The van der Waals surface area contributed by atoms with Gasteiger partial charge in [0.2, 0.25) is 5.91 Å². The van der Waals surface area contributed by atoms with Gasteiger partial charge in [0.05, 0.1) is 20.8 Å². The molecule has 1 fully saturated rings. The molecule has 0 bridgehead atoms. The number of nitrogens with one attached hydrogen (secondary N) is 2. The summed E-state index contributed by atoms with van der Waals surface area (Å²) in [7, 11) is 3.28. The number of rotatable bonds is 8. The van der Waals surface area contributed by atoms with Crippen molar-refractivity contribution < 1.29 is 19.1 Å². The minimum atomic E-state index is -0.424. The van der Waals surface area contributed by atoms with Gasteiger partial charge in [0.15, 0.2) is 11.5 Å². The first-order valence-corrected chi connectivity index (χ1v) is 10.1. The largest absolute Gasteiger partial charge is 0.493 e. The Morgan fingerprint density at radius 1 is 1.07 bits per heavy atom. The van der Waals surface area contributed by atoms with E-state index in [9.17, 15) is 9.59 Å². The SMILES string of the molecule is CC[C@H](C)NC(=O)NC(=O)CN1CCN(Cc2cc(OC)c(OC)cc2C)CC1. The molecule has 1 heterocycles. The average molecular weight is 407 g/mol. The predicted octanol–water partition coefficient (Wildman–Crippen LogP) is 1.75. The summed E-state index contributed by atoms with van der Waals surface area (Å²) in [6.07, 6.45) is 0.823. The Balaban J connectivity index is 1.81. The van der Waals surface area contributed by atoms with Crippen molar-refractivity contribution in [3.05, 3.63) is 23.3 Å². The van der Waals surface area contributed by atoms with E-state index in [4.69, 9.17) is 9.47 Å². The zero-order chi connectivity index (χ0) is 21.4. The molecule has 162 valence electrons. The predicted molar refractivity (Wildman–Crippen MR) is 112 cm³/mol. The fourth-order valence-corrected chi connectivity index (χ4v) is 3.27. The van der Waals surface area contributed by atoms with E-state index in [2.05, 4.69) is 27.4 Å². The maximum atomic E-state index is 12.1. The van der Waals surface area contributed by atoms with Crippen LogP contribution in [-0.2, 0) is 11.3 Å². The molecule has 2 rings (SSSR count). The zero-order valence-electron chi connectivity index (χ0n) is 18.2. The number of aryl methyl sites for hydroxylation is 1. The Morgan fingerprint density at radius 3 is 2.24 bits per heavy atom. The minimum Gasteiger partial charge on any atom is -0.493 e. The Bertz CT molecular complexity index is 702. The molecule has 0 unspecified atom stereocenters. The first-order chi connectivity index (χ1) is 13.9. The number of nitrogens with zero attached hydrogens (tertiary/aromatic N) is 2. The lowest BCUT2D eigenvalue weighted by atomic mass is 10.1. The van der Waals surface area contributed by atoms with Gasteiger partial charge < -0.3 is 14.8 Å². The lowest BCUT2D eigenvalue weighted by Gasteiger charge is -2.34. The molecule has 0 aliphatic carbocycles. The summed E-state index contributed by atoms with van der Waals surface area (Å²) in [5, 5.41) is 5.14. The number of imide groups is 1. The first-order valence-electron chi connectivity index (χ1n) is 10.1. The fourth-order valence-electron chi connectivity index (χ4n) is 3.27. The van der Waals surface area contributed by atoms with Gasteiger partial charge in [-0.1, -0.05) is 6.92 Å². The number of ether oxygens (including phenoxy) is 2. The molecule has 1 aliphatic heterocycles. The van der Waals surface area contributed by atoms with Crippen LogP contribution in [0.3, 0.4) is 0 Å². The number of methoxy groups -OCH3 is 2.